The van der Waals surface area contributed by atoms with Gasteiger partial charge in [-0.25, -0.2) is 13.2 Å². The Hall–Kier alpha value is -2.38. The molecular weight excluding hydrogens is 436 g/mol. The molecule has 1 saturated carbocycles. The minimum Gasteiger partial charge on any atom is -0.444 e. The predicted molar refractivity (Wildman–Crippen MR) is 128 cm³/mol. The molecule has 1 amide bonds. The average Bonchev–Trinajstić information content (AvgIpc) is 2.85. The Labute approximate surface area is 196 Å². The number of carbonyl (C=O) groups is 1. The molecule has 0 radical (unpaired) electrons. The fourth-order valence-electron chi connectivity index (χ4n) is 5.65. The summed E-state index contributed by atoms with van der Waals surface area (Å²) in [4.78, 5) is 14.7. The number of anilines is 1. The molecule has 2 heterocycles. The maximum Gasteiger partial charge on any atom is 0.414 e. The highest BCUT2D eigenvalue weighted by molar-refractivity contribution is 7.89. The number of amides is 1. The molecule has 7 heteroatoms. The van der Waals surface area contributed by atoms with Crippen LogP contribution in [0.1, 0.15) is 67.6 Å². The molecule has 1 aliphatic carbocycles. The van der Waals surface area contributed by atoms with E-state index in [1.807, 2.05) is 37.3 Å². The van der Waals surface area contributed by atoms with Crippen molar-refractivity contribution in [2.24, 2.45) is 0 Å². The van der Waals surface area contributed by atoms with Gasteiger partial charge in [-0.1, -0.05) is 49.6 Å². The number of hydrogen-bond donors (Lipinski definition) is 0. The van der Waals surface area contributed by atoms with Crippen molar-refractivity contribution in [3.63, 3.8) is 0 Å². The Balaban J connectivity index is 1.29. The third-order valence-electron chi connectivity index (χ3n) is 7.49. The number of benzene rings is 2. The monoisotopic (exact) mass is 468 g/mol. The van der Waals surface area contributed by atoms with Gasteiger partial charge in [0.15, 0.2) is 0 Å². The summed E-state index contributed by atoms with van der Waals surface area (Å²) in [5.74, 6) is 0.557. The molecule has 2 aromatic carbocycles. The van der Waals surface area contributed by atoms with E-state index in [2.05, 4.69) is 0 Å². The largest absolute Gasteiger partial charge is 0.444 e. The highest BCUT2D eigenvalue weighted by Gasteiger charge is 2.37. The number of piperidine rings is 1. The Morgan fingerprint density at radius 2 is 1.61 bits per heavy atom. The van der Waals surface area contributed by atoms with Crippen LogP contribution in [0, 0.1) is 6.92 Å². The van der Waals surface area contributed by atoms with Gasteiger partial charge in [-0.2, -0.15) is 4.31 Å². The van der Waals surface area contributed by atoms with E-state index in [1.165, 1.54) is 37.7 Å². The number of carbonyl (C=O) groups excluding carboxylic acids is 1. The second kappa shape index (κ2) is 9.11. The zero-order valence-corrected chi connectivity index (χ0v) is 20.0. The van der Waals surface area contributed by atoms with Gasteiger partial charge < -0.3 is 4.74 Å². The second-order valence-electron chi connectivity index (χ2n) is 9.55. The number of cyclic esters (lactones) is 1. The van der Waals surface area contributed by atoms with E-state index in [9.17, 15) is 13.2 Å². The van der Waals surface area contributed by atoms with Crippen LogP contribution in [0.4, 0.5) is 10.5 Å². The summed E-state index contributed by atoms with van der Waals surface area (Å²) in [5.41, 5.74) is 4.22. The van der Waals surface area contributed by atoms with Crippen molar-refractivity contribution in [3.05, 3.63) is 59.2 Å². The van der Waals surface area contributed by atoms with Crippen LogP contribution in [-0.2, 0) is 21.4 Å². The molecular formula is C26H32N2O4S. The first-order valence-corrected chi connectivity index (χ1v) is 13.5. The number of para-hydroxylation sites is 1. The molecule has 176 valence electrons. The number of hydrogen-bond acceptors (Lipinski definition) is 4. The smallest absolute Gasteiger partial charge is 0.414 e. The van der Waals surface area contributed by atoms with E-state index in [0.29, 0.717) is 36.7 Å². The molecule has 0 bridgehead atoms. The van der Waals surface area contributed by atoms with Gasteiger partial charge in [0.2, 0.25) is 10.0 Å². The van der Waals surface area contributed by atoms with Crippen molar-refractivity contribution in [3.8, 4) is 0 Å². The van der Waals surface area contributed by atoms with Gasteiger partial charge >= 0.3 is 6.09 Å². The summed E-state index contributed by atoms with van der Waals surface area (Å²) in [6.45, 7) is 3.07. The summed E-state index contributed by atoms with van der Waals surface area (Å²) >= 11 is 0. The van der Waals surface area contributed by atoms with E-state index in [0.717, 1.165) is 16.8 Å². The minimum absolute atomic E-state index is 0.0715. The van der Waals surface area contributed by atoms with Crippen LogP contribution in [0.5, 0.6) is 0 Å². The van der Waals surface area contributed by atoms with E-state index in [1.54, 1.807) is 21.3 Å². The van der Waals surface area contributed by atoms with E-state index in [4.69, 9.17) is 4.74 Å². The highest BCUT2D eigenvalue weighted by atomic mass is 32.2. The molecule has 0 atom stereocenters. The van der Waals surface area contributed by atoms with Crippen LogP contribution < -0.4 is 4.90 Å². The summed E-state index contributed by atoms with van der Waals surface area (Å²) < 4.78 is 33.6. The molecule has 3 aliphatic rings. The molecule has 0 N–H and O–H groups in total. The standard InChI is InChI=1S/C26H32N2O4S/c1-19-6-5-9-22-18-32-26(29)28(25(19)22)23-14-16-27(17-15-23)33(30,31)24-12-10-21(11-13-24)20-7-3-2-4-8-20/h5-6,9-13,20,23H,2-4,7-8,14-18H2,1H3. The van der Waals surface area contributed by atoms with E-state index in [-0.39, 0.29) is 18.7 Å². The Kier molecular flexibility index (Phi) is 6.18. The number of nitrogens with zero attached hydrogens (tertiary/aromatic N) is 2. The lowest BCUT2D eigenvalue weighted by Gasteiger charge is -2.40. The summed E-state index contributed by atoms with van der Waals surface area (Å²) in [6.07, 6.45) is 7.05. The summed E-state index contributed by atoms with van der Waals surface area (Å²) in [7, 11) is -3.55. The molecule has 5 rings (SSSR count). The van der Waals surface area contributed by atoms with Crippen LogP contribution in [0.2, 0.25) is 0 Å². The number of fused-ring (bicyclic) bond motifs is 1. The quantitative estimate of drug-likeness (QED) is 0.606. The van der Waals surface area contributed by atoms with Gasteiger partial charge in [0, 0.05) is 24.7 Å². The molecule has 0 aromatic heterocycles. The van der Waals surface area contributed by atoms with Gasteiger partial charge in [-0.05, 0) is 61.8 Å². The normalized spacial score (nSPS) is 21.0. The summed E-state index contributed by atoms with van der Waals surface area (Å²) in [5, 5.41) is 0. The van der Waals surface area contributed by atoms with Crippen molar-refractivity contribution >= 4 is 21.8 Å². The number of rotatable bonds is 4. The van der Waals surface area contributed by atoms with Crippen molar-refractivity contribution < 1.29 is 17.9 Å². The number of sulfonamides is 1. The average molecular weight is 469 g/mol. The van der Waals surface area contributed by atoms with Crippen LogP contribution in [-0.4, -0.2) is 37.9 Å². The van der Waals surface area contributed by atoms with E-state index < -0.39 is 10.0 Å². The minimum atomic E-state index is -3.55. The first-order valence-electron chi connectivity index (χ1n) is 12.1. The highest BCUT2D eigenvalue weighted by Crippen LogP contribution is 2.36. The van der Waals surface area contributed by atoms with Crippen molar-refractivity contribution in [2.75, 3.05) is 18.0 Å². The molecule has 0 unspecified atom stereocenters. The molecule has 2 fully saturated rings. The third kappa shape index (κ3) is 4.28. The zero-order chi connectivity index (χ0) is 23.0. The molecule has 2 aliphatic heterocycles. The fraction of sp³-hybridized carbons (Fsp3) is 0.500. The first kappa shape index (κ1) is 22.4. The van der Waals surface area contributed by atoms with E-state index >= 15 is 0 Å². The van der Waals surface area contributed by atoms with Gasteiger partial charge in [-0.15, -0.1) is 0 Å². The Morgan fingerprint density at radius 3 is 2.30 bits per heavy atom. The Bertz CT molecular complexity index is 1120. The van der Waals surface area contributed by atoms with Gasteiger partial charge in [-0.3, -0.25) is 4.90 Å². The fourth-order valence-corrected chi connectivity index (χ4v) is 7.12. The molecule has 6 nitrogen and oxygen atoms in total. The number of ether oxygens (including phenoxy) is 1. The lowest BCUT2D eigenvalue weighted by molar-refractivity contribution is 0.135. The summed E-state index contributed by atoms with van der Waals surface area (Å²) in [6, 6.07) is 13.4. The third-order valence-corrected chi connectivity index (χ3v) is 9.41. The van der Waals surface area contributed by atoms with Crippen LogP contribution in [0.15, 0.2) is 47.4 Å². The van der Waals surface area contributed by atoms with Crippen LogP contribution in [0.3, 0.4) is 0 Å². The Morgan fingerprint density at radius 1 is 0.909 bits per heavy atom. The predicted octanol–water partition coefficient (Wildman–Crippen LogP) is 5.35. The second-order valence-corrected chi connectivity index (χ2v) is 11.5. The van der Waals surface area contributed by atoms with Gasteiger partial charge in [0.1, 0.15) is 6.61 Å². The SMILES string of the molecule is Cc1cccc2c1N(C1CCN(S(=O)(=O)c3ccc(C4CCCCC4)cc3)CC1)C(=O)OC2. The zero-order valence-electron chi connectivity index (χ0n) is 19.2. The number of aryl methyl sites for hydroxylation is 1. The molecule has 33 heavy (non-hydrogen) atoms. The van der Waals surface area contributed by atoms with Gasteiger partial charge in [0.05, 0.1) is 10.6 Å². The first-order chi connectivity index (χ1) is 15.9. The van der Waals surface area contributed by atoms with Crippen molar-refractivity contribution in [1.29, 1.82) is 0 Å². The van der Waals surface area contributed by atoms with Crippen LogP contribution in [0.25, 0.3) is 0 Å². The van der Waals surface area contributed by atoms with Crippen molar-refractivity contribution in [2.45, 2.75) is 75.3 Å². The molecule has 0 spiro atoms. The molecule has 1 saturated heterocycles. The van der Waals surface area contributed by atoms with Crippen molar-refractivity contribution in [1.82, 2.24) is 4.31 Å². The lowest BCUT2D eigenvalue weighted by Crippen LogP contribution is -2.50. The molecule has 2 aromatic rings. The maximum atomic E-state index is 13.3. The topological polar surface area (TPSA) is 66.9 Å². The maximum absolute atomic E-state index is 13.3. The van der Waals surface area contributed by atoms with Crippen LogP contribution >= 0.6 is 0 Å². The lowest BCUT2D eigenvalue weighted by atomic mass is 9.84. The van der Waals surface area contributed by atoms with Gasteiger partial charge in [0.25, 0.3) is 0 Å².